The van der Waals surface area contributed by atoms with Crippen molar-refractivity contribution in [3.63, 3.8) is 0 Å². The largest absolute Gasteiger partial charge is 0.497 e. The van der Waals surface area contributed by atoms with Crippen molar-refractivity contribution in [1.82, 2.24) is 14.7 Å². The van der Waals surface area contributed by atoms with E-state index in [1.807, 2.05) is 0 Å². The number of nitrogens with zero attached hydrogens (tertiary/aromatic N) is 4. The number of methoxy groups -OCH3 is 1. The van der Waals surface area contributed by atoms with Gasteiger partial charge in [0.1, 0.15) is 17.1 Å². The summed E-state index contributed by atoms with van der Waals surface area (Å²) < 4.78 is 5.44. The zero-order chi connectivity index (χ0) is 22.4. The van der Waals surface area contributed by atoms with Crippen LogP contribution in [0.25, 0.3) is 0 Å². The summed E-state index contributed by atoms with van der Waals surface area (Å²) in [6, 6.07) is 3.57. The minimum Gasteiger partial charge on any atom is -0.497 e. The highest BCUT2D eigenvalue weighted by atomic mass is 16.6. The van der Waals surface area contributed by atoms with Crippen molar-refractivity contribution in [2.24, 2.45) is 0 Å². The van der Waals surface area contributed by atoms with Crippen molar-refractivity contribution in [3.05, 3.63) is 45.1 Å². The van der Waals surface area contributed by atoms with Gasteiger partial charge in [0.05, 0.1) is 35.9 Å². The van der Waals surface area contributed by atoms with Gasteiger partial charge in [-0.15, -0.1) is 4.68 Å². The van der Waals surface area contributed by atoms with Gasteiger partial charge in [-0.1, -0.05) is 0 Å². The van der Waals surface area contributed by atoms with Crippen LogP contribution in [0, 0.1) is 10.1 Å². The van der Waals surface area contributed by atoms with Gasteiger partial charge in [-0.25, -0.2) is 9.59 Å². The van der Waals surface area contributed by atoms with Gasteiger partial charge in [0, 0.05) is 5.56 Å². The predicted octanol–water partition coefficient (Wildman–Crippen LogP) is 2.31. The van der Waals surface area contributed by atoms with Crippen LogP contribution >= 0.6 is 0 Å². The number of nitrogens with one attached hydrogen (secondary N) is 1. The molecule has 1 aromatic carbocycles. The highest BCUT2D eigenvalue weighted by molar-refractivity contribution is 6.07. The molecule has 158 valence electrons. The number of hydrogen-bond donors (Lipinski definition) is 3. The fourth-order valence-electron chi connectivity index (χ4n) is 3.31. The number of carbonyl (C=O) groups is 3. The van der Waals surface area contributed by atoms with E-state index in [1.165, 1.54) is 19.2 Å². The van der Waals surface area contributed by atoms with Crippen molar-refractivity contribution in [3.8, 4) is 5.75 Å². The fraction of sp³-hybridized carbons (Fsp3) is 0.294. The van der Waals surface area contributed by atoms with Crippen LogP contribution in [-0.4, -0.2) is 55.0 Å². The summed E-state index contributed by atoms with van der Waals surface area (Å²) in [6.07, 6.45) is -2.76. The Balaban J connectivity index is 2.07. The van der Waals surface area contributed by atoms with Crippen LogP contribution in [0.2, 0.25) is 0 Å². The molecule has 0 saturated heterocycles. The maximum atomic E-state index is 12.8. The number of aromatic nitrogens is 2. The number of rotatable bonds is 4. The number of fused-ring (bicyclic) bond motifs is 1. The quantitative estimate of drug-likeness (QED) is 0.495. The predicted molar refractivity (Wildman–Crippen MR) is 99.8 cm³/mol. The Hall–Kier alpha value is -4.16. The molecule has 0 radical (unpaired) electrons. The van der Waals surface area contributed by atoms with Crippen molar-refractivity contribution in [2.45, 2.75) is 25.9 Å². The van der Waals surface area contributed by atoms with Crippen LogP contribution in [0.15, 0.2) is 18.2 Å². The molecule has 2 amide bonds. The zero-order valence-electron chi connectivity index (χ0n) is 16.1. The Kier molecular flexibility index (Phi) is 4.81. The standard InChI is InChI=1S/C17H17N5O8/c1-17(2)12-10(7-20(17)15(24)25)13(21(19-12)16(26)27)18-14(23)9-5-4-8(30-3)6-11(9)22(28)29/h4-6H,7H2,1-3H3,(H,18,23)(H,24,25)(H,26,27). The molecule has 3 rings (SSSR count). The number of nitro benzene ring substituents is 1. The molecule has 0 spiro atoms. The zero-order valence-corrected chi connectivity index (χ0v) is 16.1. The maximum absolute atomic E-state index is 12.8. The van der Waals surface area contributed by atoms with Crippen LogP contribution in [-0.2, 0) is 12.1 Å². The van der Waals surface area contributed by atoms with Gasteiger partial charge in [0.25, 0.3) is 11.6 Å². The molecule has 2 aromatic rings. The van der Waals surface area contributed by atoms with E-state index in [0.717, 1.165) is 11.0 Å². The van der Waals surface area contributed by atoms with Crippen molar-refractivity contribution < 1.29 is 34.3 Å². The van der Waals surface area contributed by atoms with E-state index in [4.69, 9.17) is 4.74 Å². The summed E-state index contributed by atoms with van der Waals surface area (Å²) >= 11 is 0. The average molecular weight is 419 g/mol. The maximum Gasteiger partial charge on any atom is 0.434 e. The molecule has 0 aliphatic carbocycles. The molecule has 0 atom stereocenters. The SMILES string of the molecule is COc1ccc(C(=O)Nc2c3c(nn2C(=O)O)C(C)(C)N(C(=O)O)C3)c([N+](=O)[O-])c1. The molecule has 1 aliphatic rings. The molecule has 3 N–H and O–H groups in total. The number of amides is 2. The van der Waals surface area contributed by atoms with Crippen molar-refractivity contribution >= 4 is 29.6 Å². The molecule has 2 heterocycles. The molecule has 30 heavy (non-hydrogen) atoms. The third-order valence-electron chi connectivity index (χ3n) is 4.84. The van der Waals surface area contributed by atoms with E-state index in [0.29, 0.717) is 4.68 Å². The minimum absolute atomic E-state index is 0.159. The summed E-state index contributed by atoms with van der Waals surface area (Å²) in [5.41, 5.74) is -1.67. The van der Waals surface area contributed by atoms with Crippen LogP contribution in [0.4, 0.5) is 21.1 Å². The van der Waals surface area contributed by atoms with E-state index >= 15 is 0 Å². The van der Waals surface area contributed by atoms with Gasteiger partial charge in [-0.2, -0.15) is 5.10 Å². The van der Waals surface area contributed by atoms with Gasteiger partial charge in [0.2, 0.25) is 0 Å². The number of nitro groups is 1. The Bertz CT molecular complexity index is 1090. The number of benzene rings is 1. The van der Waals surface area contributed by atoms with Gasteiger partial charge in [0.15, 0.2) is 0 Å². The summed E-state index contributed by atoms with van der Waals surface area (Å²) in [7, 11) is 1.31. The Morgan fingerprint density at radius 1 is 1.27 bits per heavy atom. The molecular formula is C17H17N5O8. The van der Waals surface area contributed by atoms with Gasteiger partial charge >= 0.3 is 12.2 Å². The van der Waals surface area contributed by atoms with Crippen LogP contribution in [0.1, 0.15) is 35.5 Å². The second-order valence-electron chi connectivity index (χ2n) is 6.89. The minimum atomic E-state index is -1.51. The number of hydrogen-bond acceptors (Lipinski definition) is 7. The first-order valence-electron chi connectivity index (χ1n) is 8.49. The Morgan fingerprint density at radius 2 is 1.93 bits per heavy atom. The number of anilines is 1. The second kappa shape index (κ2) is 7.02. The molecule has 13 nitrogen and oxygen atoms in total. The fourth-order valence-corrected chi connectivity index (χ4v) is 3.31. The van der Waals surface area contributed by atoms with Crippen LogP contribution < -0.4 is 10.1 Å². The van der Waals surface area contributed by atoms with E-state index in [9.17, 15) is 34.7 Å². The molecular weight excluding hydrogens is 402 g/mol. The first-order chi connectivity index (χ1) is 14.0. The molecule has 0 bridgehead atoms. The van der Waals surface area contributed by atoms with Crippen molar-refractivity contribution in [1.29, 1.82) is 0 Å². The van der Waals surface area contributed by atoms with E-state index in [-0.39, 0.29) is 34.9 Å². The molecule has 0 unspecified atom stereocenters. The highest BCUT2D eigenvalue weighted by Gasteiger charge is 2.46. The lowest BCUT2D eigenvalue weighted by Crippen LogP contribution is -2.40. The van der Waals surface area contributed by atoms with Gasteiger partial charge in [-0.05, 0) is 26.0 Å². The van der Waals surface area contributed by atoms with Gasteiger partial charge in [-0.3, -0.25) is 19.8 Å². The normalized spacial score (nSPS) is 14.2. The Morgan fingerprint density at radius 3 is 2.47 bits per heavy atom. The lowest BCUT2D eigenvalue weighted by Gasteiger charge is -2.28. The topological polar surface area (TPSA) is 177 Å². The summed E-state index contributed by atoms with van der Waals surface area (Å²) in [6.45, 7) is 2.88. The molecule has 1 aromatic heterocycles. The van der Waals surface area contributed by atoms with Crippen LogP contribution in [0.5, 0.6) is 5.75 Å². The van der Waals surface area contributed by atoms with E-state index < -0.39 is 34.2 Å². The van der Waals surface area contributed by atoms with Crippen molar-refractivity contribution in [2.75, 3.05) is 12.4 Å². The smallest absolute Gasteiger partial charge is 0.434 e. The molecule has 0 fully saturated rings. The lowest BCUT2D eigenvalue weighted by atomic mass is 10.0. The van der Waals surface area contributed by atoms with E-state index in [2.05, 4.69) is 10.4 Å². The number of ether oxygens (including phenoxy) is 1. The number of carbonyl (C=O) groups excluding carboxylic acids is 1. The summed E-state index contributed by atoms with van der Waals surface area (Å²) in [5.74, 6) is -1.07. The molecule has 1 aliphatic heterocycles. The third-order valence-corrected chi connectivity index (χ3v) is 4.84. The molecule has 0 saturated carbocycles. The first kappa shape index (κ1) is 20.6. The summed E-state index contributed by atoms with van der Waals surface area (Å²) in [4.78, 5) is 47.6. The average Bonchev–Trinajstić information content (AvgIpc) is 3.16. The summed E-state index contributed by atoms with van der Waals surface area (Å²) in [5, 5.41) is 36.5. The first-order valence-corrected chi connectivity index (χ1v) is 8.49. The number of carboxylic acid groups (broad SMARTS) is 2. The third kappa shape index (κ3) is 3.15. The van der Waals surface area contributed by atoms with Gasteiger partial charge < -0.3 is 20.3 Å². The highest BCUT2D eigenvalue weighted by Crippen LogP contribution is 2.41. The Labute approximate surface area is 168 Å². The van der Waals surface area contributed by atoms with Crippen LogP contribution in [0.3, 0.4) is 0 Å². The van der Waals surface area contributed by atoms with E-state index in [1.54, 1.807) is 13.8 Å². The monoisotopic (exact) mass is 419 g/mol. The lowest BCUT2D eigenvalue weighted by molar-refractivity contribution is -0.385. The second-order valence-corrected chi connectivity index (χ2v) is 6.89. The molecule has 13 heteroatoms.